The molecule has 2 bridgehead atoms. The van der Waals surface area contributed by atoms with Crippen LogP contribution in [0, 0.1) is 12.8 Å². The fourth-order valence-electron chi connectivity index (χ4n) is 7.51. The van der Waals surface area contributed by atoms with Crippen LogP contribution in [0.5, 0.6) is 11.5 Å². The summed E-state index contributed by atoms with van der Waals surface area (Å²) in [6.45, 7) is 4.74. The van der Waals surface area contributed by atoms with E-state index in [1.54, 1.807) is 6.07 Å². The molecular formula is C28H31NO4. The number of carbonyl (C=O) groups is 1. The van der Waals surface area contributed by atoms with E-state index in [2.05, 4.69) is 42.2 Å². The summed E-state index contributed by atoms with van der Waals surface area (Å²) >= 11 is 0. The molecule has 1 saturated heterocycles. The van der Waals surface area contributed by atoms with Crippen LogP contribution in [0.3, 0.4) is 0 Å². The van der Waals surface area contributed by atoms with E-state index in [0.717, 1.165) is 43.8 Å². The summed E-state index contributed by atoms with van der Waals surface area (Å²) in [7, 11) is 0. The molecule has 4 atom stereocenters. The first kappa shape index (κ1) is 20.0. The smallest absolute Gasteiger partial charge is 0.174 e. The minimum atomic E-state index is -0.559. The van der Waals surface area contributed by atoms with Gasteiger partial charge in [-0.3, -0.25) is 9.69 Å². The summed E-state index contributed by atoms with van der Waals surface area (Å²) in [5.74, 6) is 1.63. The van der Waals surface area contributed by atoms with Gasteiger partial charge in [0.2, 0.25) is 0 Å². The lowest BCUT2D eigenvalue weighted by molar-refractivity contribution is -0.218. The van der Waals surface area contributed by atoms with Gasteiger partial charge in [0, 0.05) is 24.6 Å². The average Bonchev–Trinajstić information content (AvgIpc) is 3.55. The molecule has 2 aromatic rings. The first-order valence-electron chi connectivity index (χ1n) is 12.5. The summed E-state index contributed by atoms with van der Waals surface area (Å²) < 4.78 is 13.5. The van der Waals surface area contributed by atoms with Gasteiger partial charge in [-0.05, 0) is 74.2 Å². The van der Waals surface area contributed by atoms with Gasteiger partial charge < -0.3 is 14.6 Å². The van der Waals surface area contributed by atoms with E-state index in [1.807, 2.05) is 0 Å². The van der Waals surface area contributed by atoms with Gasteiger partial charge in [-0.15, -0.1) is 0 Å². The molecule has 2 aliphatic heterocycles. The molecule has 1 unspecified atom stereocenters. The third-order valence-electron chi connectivity index (χ3n) is 9.26. The number of aromatic hydroxyl groups is 1. The van der Waals surface area contributed by atoms with Crippen LogP contribution < -0.4 is 4.74 Å². The number of ketones is 1. The highest BCUT2D eigenvalue weighted by Crippen LogP contribution is 2.66. The van der Waals surface area contributed by atoms with Crippen molar-refractivity contribution in [3.8, 4) is 11.5 Å². The molecule has 33 heavy (non-hydrogen) atoms. The normalized spacial score (nSPS) is 34.2. The second-order valence-corrected chi connectivity index (χ2v) is 10.9. The van der Waals surface area contributed by atoms with E-state index < -0.39 is 17.1 Å². The van der Waals surface area contributed by atoms with Gasteiger partial charge in [0.25, 0.3) is 0 Å². The predicted molar refractivity (Wildman–Crippen MR) is 124 cm³/mol. The van der Waals surface area contributed by atoms with Crippen LogP contribution in [0.25, 0.3) is 0 Å². The summed E-state index contributed by atoms with van der Waals surface area (Å²) in [5.41, 5.74) is 3.70. The SMILES string of the molecule is Cc1ccccc1CO[C@@]12CCC(=O)C3Oc4c(O)ccc5c4[C@@]31CCN(CC1CC1)[C@@H]2C5. The fraction of sp³-hybridized carbons (Fsp3) is 0.536. The number of carbonyl (C=O) groups excluding carboxylic acids is 1. The maximum Gasteiger partial charge on any atom is 0.174 e. The number of hydrogen-bond donors (Lipinski definition) is 1. The van der Waals surface area contributed by atoms with E-state index in [4.69, 9.17) is 9.47 Å². The molecule has 2 saturated carbocycles. The van der Waals surface area contributed by atoms with Crippen LogP contribution in [0.15, 0.2) is 36.4 Å². The summed E-state index contributed by atoms with van der Waals surface area (Å²) in [4.78, 5) is 16.0. The van der Waals surface area contributed by atoms with Gasteiger partial charge in [0.1, 0.15) is 0 Å². The van der Waals surface area contributed by atoms with Gasteiger partial charge in [-0.2, -0.15) is 0 Å². The maximum absolute atomic E-state index is 13.3. The standard InChI is InChI=1S/C28H31NO4/c1-17-4-2-3-5-20(17)16-32-28-11-10-22(31)26-27(28)12-13-29(15-18-6-7-18)23(28)14-19-8-9-21(30)25(33-26)24(19)27/h2-5,8-9,18,23,26,30H,6-7,10-16H2,1H3/t23-,26?,27+,28-/m1/s1. The third kappa shape index (κ3) is 2.58. The minimum Gasteiger partial charge on any atom is -0.504 e. The van der Waals surface area contributed by atoms with Crippen molar-refractivity contribution >= 4 is 5.78 Å². The number of hydrogen-bond acceptors (Lipinski definition) is 5. The van der Waals surface area contributed by atoms with E-state index >= 15 is 0 Å². The van der Waals surface area contributed by atoms with Crippen LogP contribution in [0.1, 0.15) is 54.4 Å². The first-order valence-corrected chi connectivity index (χ1v) is 12.5. The molecule has 5 heteroatoms. The lowest BCUT2D eigenvalue weighted by atomic mass is 9.48. The number of rotatable bonds is 5. The molecule has 5 aliphatic rings. The number of nitrogens with zero attached hydrogens (tertiary/aromatic N) is 1. The highest BCUT2D eigenvalue weighted by Gasteiger charge is 2.74. The quantitative estimate of drug-likeness (QED) is 0.752. The first-order chi connectivity index (χ1) is 16.0. The lowest BCUT2D eigenvalue weighted by Crippen LogP contribution is -2.77. The van der Waals surface area contributed by atoms with Crippen LogP contribution in [0.2, 0.25) is 0 Å². The molecular weight excluding hydrogens is 414 g/mol. The third-order valence-corrected chi connectivity index (χ3v) is 9.26. The molecule has 2 aromatic carbocycles. The zero-order chi connectivity index (χ0) is 22.4. The van der Waals surface area contributed by atoms with Crippen molar-refractivity contribution in [3.63, 3.8) is 0 Å². The molecule has 0 radical (unpaired) electrons. The Labute approximate surface area is 194 Å². The Morgan fingerprint density at radius 2 is 2.03 bits per heavy atom. The van der Waals surface area contributed by atoms with Crippen molar-refractivity contribution in [2.45, 2.75) is 75.2 Å². The number of aryl methyl sites for hydroxylation is 1. The fourth-order valence-corrected chi connectivity index (χ4v) is 7.51. The Morgan fingerprint density at radius 1 is 1.18 bits per heavy atom. The van der Waals surface area contributed by atoms with Crippen LogP contribution in [-0.2, 0) is 28.0 Å². The molecule has 2 heterocycles. The summed E-state index contributed by atoms with van der Waals surface area (Å²) in [6.07, 6.45) is 5.00. The number of benzene rings is 2. The Balaban J connectivity index is 1.40. The van der Waals surface area contributed by atoms with Gasteiger partial charge in [-0.1, -0.05) is 30.3 Å². The number of phenols is 1. The van der Waals surface area contributed by atoms with Crippen molar-refractivity contribution in [2.75, 3.05) is 13.1 Å². The summed E-state index contributed by atoms with van der Waals surface area (Å²) in [5, 5.41) is 10.7. The molecule has 0 amide bonds. The van der Waals surface area contributed by atoms with Crippen molar-refractivity contribution in [1.82, 2.24) is 4.90 Å². The van der Waals surface area contributed by atoms with E-state index in [0.29, 0.717) is 18.8 Å². The van der Waals surface area contributed by atoms with Crippen LogP contribution in [-0.4, -0.2) is 46.6 Å². The summed E-state index contributed by atoms with van der Waals surface area (Å²) in [6, 6.07) is 12.4. The highest BCUT2D eigenvalue weighted by molar-refractivity contribution is 5.90. The second kappa shape index (κ2) is 6.83. The van der Waals surface area contributed by atoms with Crippen molar-refractivity contribution in [3.05, 3.63) is 58.7 Å². The average molecular weight is 446 g/mol. The molecule has 5 nitrogen and oxygen atoms in total. The maximum atomic E-state index is 13.3. The number of Topliss-reactive ketones (excluding diaryl/α,β-unsaturated/α-hetero) is 1. The molecule has 3 aliphatic carbocycles. The van der Waals surface area contributed by atoms with Gasteiger partial charge >= 0.3 is 0 Å². The molecule has 172 valence electrons. The highest BCUT2D eigenvalue weighted by atomic mass is 16.5. The molecule has 7 rings (SSSR count). The van der Waals surface area contributed by atoms with E-state index in [-0.39, 0.29) is 17.6 Å². The monoisotopic (exact) mass is 445 g/mol. The zero-order valence-electron chi connectivity index (χ0n) is 19.2. The number of phenolic OH excluding ortho intramolecular Hbond substituents is 1. The Bertz CT molecular complexity index is 1160. The largest absolute Gasteiger partial charge is 0.504 e. The molecule has 0 aromatic heterocycles. The van der Waals surface area contributed by atoms with Crippen molar-refractivity contribution < 1.29 is 19.4 Å². The van der Waals surface area contributed by atoms with Gasteiger partial charge in [0.15, 0.2) is 23.4 Å². The van der Waals surface area contributed by atoms with Crippen LogP contribution >= 0.6 is 0 Å². The molecule has 1 N–H and O–H groups in total. The number of likely N-dealkylation sites (tertiary alicyclic amines) is 1. The minimum absolute atomic E-state index is 0.150. The van der Waals surface area contributed by atoms with Crippen molar-refractivity contribution in [2.24, 2.45) is 5.92 Å². The topological polar surface area (TPSA) is 59.0 Å². The van der Waals surface area contributed by atoms with Gasteiger partial charge in [-0.25, -0.2) is 0 Å². The Kier molecular flexibility index (Phi) is 4.15. The van der Waals surface area contributed by atoms with Crippen LogP contribution in [0.4, 0.5) is 0 Å². The second-order valence-electron chi connectivity index (χ2n) is 10.9. The predicted octanol–water partition coefficient (Wildman–Crippen LogP) is 4.06. The van der Waals surface area contributed by atoms with E-state index in [9.17, 15) is 9.90 Å². The molecule has 1 spiro atoms. The van der Waals surface area contributed by atoms with Crippen molar-refractivity contribution in [1.29, 1.82) is 0 Å². The molecule has 3 fully saturated rings. The van der Waals surface area contributed by atoms with Gasteiger partial charge in [0.05, 0.1) is 17.6 Å². The Hall–Kier alpha value is -2.37. The number of ether oxygens (including phenoxy) is 2. The Morgan fingerprint density at radius 3 is 2.85 bits per heavy atom. The van der Waals surface area contributed by atoms with E-state index in [1.165, 1.54) is 29.5 Å². The zero-order valence-corrected chi connectivity index (χ0v) is 19.2. The lowest BCUT2D eigenvalue weighted by Gasteiger charge is -2.64. The number of piperidine rings is 1.